The Morgan fingerprint density at radius 3 is 2.53 bits per heavy atom. The predicted octanol–water partition coefficient (Wildman–Crippen LogP) is 3.16. The molecular formula is C14H24N2O. The van der Waals surface area contributed by atoms with E-state index in [1.807, 2.05) is 0 Å². The Hall–Kier alpha value is -1.04. The molecule has 0 aliphatic heterocycles. The molecule has 0 radical (unpaired) electrons. The summed E-state index contributed by atoms with van der Waals surface area (Å²) in [5.41, 5.74) is 0. The molecule has 0 atom stereocenters. The number of hydrogen-bond donors (Lipinski definition) is 1. The number of carbonyl (C=O) groups excluding carboxylic acids is 1. The highest BCUT2D eigenvalue weighted by Crippen LogP contribution is 2.23. The number of nitrogens with zero attached hydrogens (tertiary/aromatic N) is 1. The van der Waals surface area contributed by atoms with Gasteiger partial charge < -0.3 is 5.32 Å². The van der Waals surface area contributed by atoms with Gasteiger partial charge in [-0.2, -0.15) is 5.26 Å². The number of unbranched alkanes of at least 4 members (excludes halogenated alkanes) is 3. The highest BCUT2D eigenvalue weighted by molar-refractivity contribution is 5.76. The minimum atomic E-state index is 0.196. The Morgan fingerprint density at radius 2 is 1.94 bits per heavy atom. The van der Waals surface area contributed by atoms with Gasteiger partial charge in [-0.25, -0.2) is 0 Å². The van der Waals surface area contributed by atoms with Crippen LogP contribution in [0.1, 0.15) is 64.7 Å². The molecule has 96 valence electrons. The zero-order chi connectivity index (χ0) is 12.5. The lowest BCUT2D eigenvalue weighted by Crippen LogP contribution is -2.37. The number of nitriles is 1. The lowest BCUT2D eigenvalue weighted by molar-refractivity contribution is -0.122. The molecule has 0 aromatic carbocycles. The largest absolute Gasteiger partial charge is 0.353 e. The van der Waals surface area contributed by atoms with Crippen LogP contribution in [0.4, 0.5) is 0 Å². The van der Waals surface area contributed by atoms with Crippen molar-refractivity contribution in [3.8, 4) is 6.07 Å². The zero-order valence-electron chi connectivity index (χ0n) is 10.9. The van der Waals surface area contributed by atoms with Gasteiger partial charge in [-0.1, -0.05) is 26.2 Å². The van der Waals surface area contributed by atoms with E-state index in [1.165, 1.54) is 12.8 Å². The Bertz CT molecular complexity index is 262. The summed E-state index contributed by atoms with van der Waals surface area (Å²) in [6, 6.07) is 2.63. The van der Waals surface area contributed by atoms with E-state index in [1.54, 1.807) is 0 Å². The average molecular weight is 236 g/mol. The van der Waals surface area contributed by atoms with Crippen molar-refractivity contribution in [2.75, 3.05) is 0 Å². The first-order valence-corrected chi connectivity index (χ1v) is 6.95. The summed E-state index contributed by atoms with van der Waals surface area (Å²) in [7, 11) is 0. The van der Waals surface area contributed by atoms with E-state index in [0.717, 1.165) is 38.5 Å². The normalized spacial score (nSPS) is 24.0. The van der Waals surface area contributed by atoms with Gasteiger partial charge in [0, 0.05) is 18.4 Å². The summed E-state index contributed by atoms with van der Waals surface area (Å²) in [4.78, 5) is 11.6. The van der Waals surface area contributed by atoms with Gasteiger partial charge in [0.15, 0.2) is 0 Å². The summed E-state index contributed by atoms with van der Waals surface area (Å²) >= 11 is 0. The second kappa shape index (κ2) is 8.11. The fourth-order valence-electron chi connectivity index (χ4n) is 2.38. The Labute approximate surface area is 105 Å². The van der Waals surface area contributed by atoms with E-state index in [0.29, 0.717) is 12.5 Å². The molecule has 1 N–H and O–H groups in total. The monoisotopic (exact) mass is 236 g/mol. The summed E-state index contributed by atoms with van der Waals surface area (Å²) in [6.45, 7) is 2.17. The maximum absolute atomic E-state index is 11.6. The topological polar surface area (TPSA) is 52.9 Å². The molecule has 0 saturated heterocycles. The summed E-state index contributed by atoms with van der Waals surface area (Å²) in [5, 5.41) is 11.9. The lowest BCUT2D eigenvalue weighted by atomic mass is 9.87. The quantitative estimate of drug-likeness (QED) is 0.720. The number of nitrogens with one attached hydrogen (secondary N) is 1. The van der Waals surface area contributed by atoms with Crippen LogP contribution < -0.4 is 5.32 Å². The molecule has 1 saturated carbocycles. The first-order chi connectivity index (χ1) is 8.26. The van der Waals surface area contributed by atoms with Gasteiger partial charge in [0.2, 0.25) is 5.91 Å². The SMILES string of the molecule is CCCCCCC(=O)NC1CCC(C#N)CC1. The van der Waals surface area contributed by atoms with Crippen molar-refractivity contribution in [3.63, 3.8) is 0 Å². The van der Waals surface area contributed by atoms with E-state index < -0.39 is 0 Å². The molecule has 0 spiro atoms. The average Bonchev–Trinajstić information content (AvgIpc) is 2.36. The molecule has 17 heavy (non-hydrogen) atoms. The van der Waals surface area contributed by atoms with E-state index in [4.69, 9.17) is 5.26 Å². The van der Waals surface area contributed by atoms with Gasteiger partial charge in [0.25, 0.3) is 0 Å². The van der Waals surface area contributed by atoms with Crippen LogP contribution in [0.2, 0.25) is 0 Å². The molecule has 1 aliphatic carbocycles. The number of carbonyl (C=O) groups is 1. The summed E-state index contributed by atoms with van der Waals surface area (Å²) in [6.07, 6.45) is 9.09. The van der Waals surface area contributed by atoms with Gasteiger partial charge in [-0.15, -0.1) is 0 Å². The van der Waals surface area contributed by atoms with Crippen LogP contribution in [0.5, 0.6) is 0 Å². The Kier molecular flexibility index (Phi) is 6.69. The van der Waals surface area contributed by atoms with Gasteiger partial charge in [0.05, 0.1) is 6.07 Å². The van der Waals surface area contributed by atoms with Gasteiger partial charge >= 0.3 is 0 Å². The molecule has 1 aliphatic rings. The van der Waals surface area contributed by atoms with Crippen LogP contribution >= 0.6 is 0 Å². The number of amides is 1. The fourth-order valence-corrected chi connectivity index (χ4v) is 2.38. The molecule has 0 aromatic rings. The molecule has 3 nitrogen and oxygen atoms in total. The lowest BCUT2D eigenvalue weighted by Gasteiger charge is -2.25. The molecule has 1 rings (SSSR count). The van der Waals surface area contributed by atoms with Crippen molar-refractivity contribution in [1.82, 2.24) is 5.32 Å². The third-order valence-electron chi connectivity index (χ3n) is 3.53. The summed E-state index contributed by atoms with van der Waals surface area (Å²) < 4.78 is 0. The van der Waals surface area contributed by atoms with Crippen LogP contribution in [0.25, 0.3) is 0 Å². The maximum atomic E-state index is 11.6. The Balaban J connectivity index is 2.09. The second-order valence-electron chi connectivity index (χ2n) is 5.06. The van der Waals surface area contributed by atoms with Crippen LogP contribution in [-0.2, 0) is 4.79 Å². The highest BCUT2D eigenvalue weighted by Gasteiger charge is 2.21. The molecular weight excluding hydrogens is 212 g/mol. The van der Waals surface area contributed by atoms with Gasteiger partial charge in [-0.3, -0.25) is 4.79 Å². The number of hydrogen-bond acceptors (Lipinski definition) is 2. The van der Waals surface area contributed by atoms with Crippen LogP contribution in [-0.4, -0.2) is 11.9 Å². The molecule has 0 aromatic heterocycles. The minimum Gasteiger partial charge on any atom is -0.353 e. The van der Waals surface area contributed by atoms with Crippen LogP contribution in [0.3, 0.4) is 0 Å². The van der Waals surface area contributed by atoms with Gasteiger partial charge in [0.1, 0.15) is 0 Å². The van der Waals surface area contributed by atoms with Crippen molar-refractivity contribution < 1.29 is 4.79 Å². The van der Waals surface area contributed by atoms with Crippen molar-refractivity contribution >= 4 is 5.91 Å². The third-order valence-corrected chi connectivity index (χ3v) is 3.53. The molecule has 0 heterocycles. The Morgan fingerprint density at radius 1 is 1.24 bits per heavy atom. The molecule has 1 fully saturated rings. The summed E-state index contributed by atoms with van der Waals surface area (Å²) in [5.74, 6) is 0.411. The van der Waals surface area contributed by atoms with E-state index in [9.17, 15) is 4.79 Å². The zero-order valence-corrected chi connectivity index (χ0v) is 10.9. The number of rotatable bonds is 6. The van der Waals surface area contributed by atoms with Gasteiger partial charge in [-0.05, 0) is 32.1 Å². The van der Waals surface area contributed by atoms with Crippen molar-refractivity contribution in [1.29, 1.82) is 5.26 Å². The predicted molar refractivity (Wildman–Crippen MR) is 68.3 cm³/mol. The molecule has 0 unspecified atom stereocenters. The minimum absolute atomic E-state index is 0.196. The van der Waals surface area contributed by atoms with Crippen LogP contribution in [0.15, 0.2) is 0 Å². The second-order valence-corrected chi connectivity index (χ2v) is 5.06. The van der Waals surface area contributed by atoms with E-state index in [-0.39, 0.29) is 11.8 Å². The molecule has 0 bridgehead atoms. The van der Waals surface area contributed by atoms with E-state index >= 15 is 0 Å². The first-order valence-electron chi connectivity index (χ1n) is 6.95. The standard InChI is InChI=1S/C14H24N2O/c1-2-3-4-5-6-14(17)16-13-9-7-12(11-15)8-10-13/h12-13H,2-10H2,1H3,(H,16,17). The fraction of sp³-hybridized carbons (Fsp3) is 0.857. The van der Waals surface area contributed by atoms with Crippen molar-refractivity contribution in [2.24, 2.45) is 5.92 Å². The van der Waals surface area contributed by atoms with E-state index in [2.05, 4.69) is 18.3 Å². The van der Waals surface area contributed by atoms with Crippen LogP contribution in [0, 0.1) is 17.2 Å². The first kappa shape index (κ1) is 14.0. The van der Waals surface area contributed by atoms with Crippen molar-refractivity contribution in [3.05, 3.63) is 0 Å². The smallest absolute Gasteiger partial charge is 0.220 e. The highest BCUT2D eigenvalue weighted by atomic mass is 16.1. The molecule has 3 heteroatoms. The maximum Gasteiger partial charge on any atom is 0.220 e. The third kappa shape index (κ3) is 5.72. The van der Waals surface area contributed by atoms with Crippen molar-refractivity contribution in [2.45, 2.75) is 70.8 Å². The molecule has 1 amide bonds.